The second-order valence-corrected chi connectivity index (χ2v) is 4.21. The first kappa shape index (κ1) is 12.7. The number of ether oxygens (including phenoxy) is 1. The molecule has 3 nitrogen and oxygen atoms in total. The van der Waals surface area contributed by atoms with Crippen LogP contribution in [0.2, 0.25) is 0 Å². The summed E-state index contributed by atoms with van der Waals surface area (Å²) in [5, 5.41) is 8.66. The molecule has 0 aliphatic carbocycles. The zero-order valence-electron chi connectivity index (χ0n) is 9.93. The fourth-order valence-electron chi connectivity index (χ4n) is 1.79. The van der Waals surface area contributed by atoms with Crippen LogP contribution in [0.1, 0.15) is 31.1 Å². The van der Waals surface area contributed by atoms with E-state index in [1.165, 1.54) is 0 Å². The molecule has 16 heavy (non-hydrogen) atoms. The quantitative estimate of drug-likeness (QED) is 0.833. The topological polar surface area (TPSA) is 46.5 Å². The number of aliphatic carboxylic acids is 1. The molecule has 1 aromatic carbocycles. The van der Waals surface area contributed by atoms with E-state index in [1.54, 1.807) is 7.11 Å². The average Bonchev–Trinajstić information content (AvgIpc) is 2.20. The van der Waals surface area contributed by atoms with Gasteiger partial charge in [-0.2, -0.15) is 0 Å². The summed E-state index contributed by atoms with van der Waals surface area (Å²) in [6.45, 7) is 4.19. The Bertz CT molecular complexity index is 341. The molecule has 0 aliphatic heterocycles. The highest BCUT2D eigenvalue weighted by Crippen LogP contribution is 2.25. The Balaban J connectivity index is 2.80. The van der Waals surface area contributed by atoms with Gasteiger partial charge < -0.3 is 9.84 Å². The maximum atomic E-state index is 10.5. The van der Waals surface area contributed by atoms with E-state index in [-0.39, 0.29) is 12.5 Å². The molecule has 0 spiro atoms. The summed E-state index contributed by atoms with van der Waals surface area (Å²) < 4.78 is 5.40. The fourth-order valence-corrected chi connectivity index (χ4v) is 1.79. The first-order chi connectivity index (χ1) is 7.54. The summed E-state index contributed by atoms with van der Waals surface area (Å²) >= 11 is 0. The lowest BCUT2D eigenvalue weighted by Gasteiger charge is -2.19. The Morgan fingerprint density at radius 1 is 1.31 bits per heavy atom. The van der Waals surface area contributed by atoms with Crippen molar-refractivity contribution < 1.29 is 14.6 Å². The molecule has 0 fully saturated rings. The minimum atomic E-state index is -0.806. The fraction of sp³-hybridized carbons (Fsp3) is 0.462. The highest BCUT2D eigenvalue weighted by molar-refractivity contribution is 5.70. The number of carbonyl (C=O) groups is 1. The Hall–Kier alpha value is -1.35. The predicted octanol–water partition coefficient (Wildman–Crippen LogP) is 2.66. The first-order valence-electron chi connectivity index (χ1n) is 5.38. The maximum absolute atomic E-state index is 10.5. The van der Waals surface area contributed by atoms with E-state index in [4.69, 9.17) is 9.84 Å². The molecule has 0 unspecified atom stereocenters. The normalized spacial score (nSPS) is 12.8. The minimum Gasteiger partial charge on any atom is -0.481 e. The minimum absolute atomic E-state index is 0.0684. The van der Waals surface area contributed by atoms with Gasteiger partial charge >= 0.3 is 5.97 Å². The molecular weight excluding hydrogens is 204 g/mol. The summed E-state index contributed by atoms with van der Waals surface area (Å²) in [6, 6.07) is 7.56. The Morgan fingerprint density at radius 2 is 1.88 bits per heavy atom. The van der Waals surface area contributed by atoms with Crippen molar-refractivity contribution in [3.63, 3.8) is 0 Å². The number of benzene rings is 1. The van der Waals surface area contributed by atoms with Crippen LogP contribution >= 0.6 is 0 Å². The molecule has 0 radical (unpaired) electrons. The number of rotatable bonds is 5. The van der Waals surface area contributed by atoms with E-state index in [1.807, 2.05) is 24.3 Å². The Kier molecular flexibility index (Phi) is 4.50. The van der Waals surface area contributed by atoms with E-state index in [2.05, 4.69) is 13.8 Å². The highest BCUT2D eigenvalue weighted by atomic mass is 16.5. The molecule has 0 aliphatic rings. The van der Waals surface area contributed by atoms with Crippen LogP contribution in [-0.2, 0) is 16.0 Å². The van der Waals surface area contributed by atoms with E-state index in [9.17, 15) is 4.79 Å². The largest absolute Gasteiger partial charge is 0.481 e. The zero-order chi connectivity index (χ0) is 12.1. The molecule has 3 heteroatoms. The lowest BCUT2D eigenvalue weighted by molar-refractivity contribution is -0.136. The summed E-state index contributed by atoms with van der Waals surface area (Å²) in [5.74, 6) is -0.407. The van der Waals surface area contributed by atoms with Crippen LogP contribution in [-0.4, -0.2) is 18.2 Å². The van der Waals surface area contributed by atoms with Crippen LogP contribution in [0.3, 0.4) is 0 Å². The zero-order valence-corrected chi connectivity index (χ0v) is 9.93. The second kappa shape index (κ2) is 5.66. The highest BCUT2D eigenvalue weighted by Gasteiger charge is 2.14. The van der Waals surface area contributed by atoms with Crippen LogP contribution in [0.4, 0.5) is 0 Å². The van der Waals surface area contributed by atoms with Crippen LogP contribution < -0.4 is 0 Å². The van der Waals surface area contributed by atoms with Gasteiger partial charge in [0.25, 0.3) is 0 Å². The molecule has 1 rings (SSSR count). The van der Waals surface area contributed by atoms with Crippen LogP contribution in [0.5, 0.6) is 0 Å². The van der Waals surface area contributed by atoms with Gasteiger partial charge in [-0.25, -0.2) is 0 Å². The van der Waals surface area contributed by atoms with E-state index < -0.39 is 5.97 Å². The van der Waals surface area contributed by atoms with Crippen molar-refractivity contribution in [1.29, 1.82) is 0 Å². The number of hydrogen-bond acceptors (Lipinski definition) is 2. The third kappa shape index (κ3) is 3.35. The summed E-state index contributed by atoms with van der Waals surface area (Å²) in [5.41, 5.74) is 1.90. The Morgan fingerprint density at radius 3 is 2.25 bits per heavy atom. The van der Waals surface area contributed by atoms with Crippen LogP contribution in [0, 0.1) is 5.92 Å². The molecule has 0 amide bonds. The second-order valence-electron chi connectivity index (χ2n) is 4.21. The lowest BCUT2D eigenvalue weighted by atomic mass is 9.97. The standard InChI is InChI=1S/C13H18O3/c1-9(2)13(16-3)11-6-4-10(5-7-11)8-12(14)15/h4-7,9,13H,8H2,1-3H3,(H,14,15)/t13-/m0/s1. The van der Waals surface area contributed by atoms with Gasteiger partial charge in [0, 0.05) is 7.11 Å². The summed E-state index contributed by atoms with van der Waals surface area (Å²) in [6.07, 6.45) is 0.137. The molecule has 0 saturated heterocycles. The van der Waals surface area contributed by atoms with E-state index in [0.717, 1.165) is 11.1 Å². The predicted molar refractivity (Wildman–Crippen MR) is 62.4 cm³/mol. The Labute approximate surface area is 96.1 Å². The van der Waals surface area contributed by atoms with Gasteiger partial charge in [0.1, 0.15) is 0 Å². The SMILES string of the molecule is CO[C@H](c1ccc(CC(=O)O)cc1)C(C)C. The molecule has 1 N–H and O–H groups in total. The molecule has 0 heterocycles. The number of methoxy groups -OCH3 is 1. The third-order valence-electron chi connectivity index (χ3n) is 2.52. The molecule has 0 saturated carbocycles. The van der Waals surface area contributed by atoms with Crippen LogP contribution in [0.25, 0.3) is 0 Å². The van der Waals surface area contributed by atoms with E-state index >= 15 is 0 Å². The van der Waals surface area contributed by atoms with Crippen molar-refractivity contribution in [1.82, 2.24) is 0 Å². The van der Waals surface area contributed by atoms with Gasteiger partial charge in [-0.15, -0.1) is 0 Å². The van der Waals surface area contributed by atoms with Gasteiger partial charge in [-0.3, -0.25) is 4.79 Å². The van der Waals surface area contributed by atoms with Crippen molar-refractivity contribution in [3.05, 3.63) is 35.4 Å². The molecule has 0 bridgehead atoms. The lowest BCUT2D eigenvalue weighted by Crippen LogP contribution is -2.09. The first-order valence-corrected chi connectivity index (χ1v) is 5.38. The summed E-state index contributed by atoms with van der Waals surface area (Å²) in [7, 11) is 1.69. The van der Waals surface area contributed by atoms with Gasteiger partial charge in [0.15, 0.2) is 0 Å². The number of carboxylic acid groups (broad SMARTS) is 1. The molecule has 88 valence electrons. The van der Waals surface area contributed by atoms with Gasteiger partial charge in [0.05, 0.1) is 12.5 Å². The van der Waals surface area contributed by atoms with Crippen molar-refractivity contribution in [2.24, 2.45) is 5.92 Å². The molecule has 1 atom stereocenters. The number of carboxylic acids is 1. The van der Waals surface area contributed by atoms with E-state index in [0.29, 0.717) is 5.92 Å². The summed E-state index contributed by atoms with van der Waals surface area (Å²) in [4.78, 5) is 10.5. The van der Waals surface area contributed by atoms with Crippen molar-refractivity contribution in [2.45, 2.75) is 26.4 Å². The molecule has 1 aromatic rings. The molecular formula is C13H18O3. The third-order valence-corrected chi connectivity index (χ3v) is 2.52. The van der Waals surface area contributed by atoms with Crippen molar-refractivity contribution in [2.75, 3.05) is 7.11 Å². The van der Waals surface area contributed by atoms with Crippen molar-refractivity contribution in [3.8, 4) is 0 Å². The molecule has 0 aromatic heterocycles. The number of hydrogen-bond donors (Lipinski definition) is 1. The maximum Gasteiger partial charge on any atom is 0.307 e. The average molecular weight is 222 g/mol. The van der Waals surface area contributed by atoms with Crippen LogP contribution in [0.15, 0.2) is 24.3 Å². The van der Waals surface area contributed by atoms with Gasteiger partial charge in [0.2, 0.25) is 0 Å². The van der Waals surface area contributed by atoms with Crippen molar-refractivity contribution >= 4 is 5.97 Å². The van der Waals surface area contributed by atoms with Gasteiger partial charge in [-0.05, 0) is 17.0 Å². The monoisotopic (exact) mass is 222 g/mol. The smallest absolute Gasteiger partial charge is 0.307 e. The van der Waals surface area contributed by atoms with Gasteiger partial charge in [-0.1, -0.05) is 38.1 Å².